The molecule has 9 rings (SSSR count). The summed E-state index contributed by atoms with van der Waals surface area (Å²) in [5, 5.41) is 22.9. The third-order valence-electron chi connectivity index (χ3n) is 13.5. The van der Waals surface area contributed by atoms with E-state index in [9.17, 15) is 0 Å². The van der Waals surface area contributed by atoms with Crippen molar-refractivity contribution < 1.29 is 8.83 Å². The van der Waals surface area contributed by atoms with E-state index in [0.29, 0.717) is 23.6 Å². The van der Waals surface area contributed by atoms with Crippen molar-refractivity contribution >= 4 is 21.5 Å². The van der Waals surface area contributed by atoms with Gasteiger partial charge in [-0.25, -0.2) is 0 Å². The van der Waals surface area contributed by atoms with Crippen molar-refractivity contribution in [3.8, 4) is 68.1 Å². The molecule has 346 valence electrons. The fraction of sp³-hybridized carbons (Fsp3) is 0.323. The first-order valence-corrected chi connectivity index (χ1v) is 25.0. The number of hydrogen-bond acceptors (Lipinski definition) is 6. The molecule has 0 saturated carbocycles. The smallest absolute Gasteiger partial charge is 0.248 e. The standard InChI is InChI=1S/C62H66N4O2/c1-9-11-13-15-19-41-25-29-43(30-26-41)57-63-65-59(67-57)47-23-17-21-45(37-47)55-51-35-33-50(62(6,7)8)40-54(51)56(52-36-34-49(39-53(52)55)61(3,4)5)46-22-18-24-48(38-46)60-66-64-58(68-60)44-31-27-42(28-32-44)20-16-14-12-10-2/h17-18,21-40H,9-16,19-20H2,1-8H3. The second-order valence-corrected chi connectivity index (χ2v) is 20.8. The highest BCUT2D eigenvalue weighted by Crippen LogP contribution is 2.47. The molecule has 68 heavy (non-hydrogen) atoms. The predicted molar refractivity (Wildman–Crippen MR) is 283 cm³/mol. The van der Waals surface area contributed by atoms with Crippen LogP contribution in [0, 0.1) is 0 Å². The molecule has 6 nitrogen and oxygen atoms in total. The van der Waals surface area contributed by atoms with Crippen molar-refractivity contribution in [2.75, 3.05) is 0 Å². The SMILES string of the molecule is CCCCCCc1ccc(-c2nnc(-c3cccc(-c4c5ccc(C(C)(C)C)cc5c(-c5cccc(-c6nnc(-c7ccc(CCCCCC)cc7)o6)c5)c5ccc(C(C)(C)C)cc45)c3)o2)cc1. The highest BCUT2D eigenvalue weighted by molar-refractivity contribution is 6.22. The normalized spacial score (nSPS) is 12.1. The molecule has 9 aromatic rings. The van der Waals surface area contributed by atoms with Gasteiger partial charge in [-0.1, -0.05) is 167 Å². The molecule has 0 aliphatic heterocycles. The van der Waals surface area contributed by atoms with E-state index in [0.717, 1.165) is 46.2 Å². The van der Waals surface area contributed by atoms with Crippen molar-refractivity contribution in [2.45, 2.75) is 130 Å². The lowest BCUT2D eigenvalue weighted by Crippen LogP contribution is -2.11. The molecule has 0 aliphatic rings. The van der Waals surface area contributed by atoms with Gasteiger partial charge in [0.1, 0.15) is 0 Å². The fourth-order valence-corrected chi connectivity index (χ4v) is 9.45. The lowest BCUT2D eigenvalue weighted by Gasteiger charge is -2.25. The summed E-state index contributed by atoms with van der Waals surface area (Å²) in [4.78, 5) is 0. The molecule has 0 unspecified atom stereocenters. The van der Waals surface area contributed by atoms with Crippen LogP contribution in [0.15, 0.2) is 142 Å². The monoisotopic (exact) mass is 899 g/mol. The van der Waals surface area contributed by atoms with Crippen LogP contribution < -0.4 is 0 Å². The van der Waals surface area contributed by atoms with Gasteiger partial charge in [0.05, 0.1) is 0 Å². The zero-order valence-electron chi connectivity index (χ0n) is 41.4. The molecule has 0 atom stereocenters. The van der Waals surface area contributed by atoms with E-state index in [4.69, 9.17) is 8.83 Å². The second-order valence-electron chi connectivity index (χ2n) is 20.8. The van der Waals surface area contributed by atoms with Gasteiger partial charge >= 0.3 is 0 Å². The molecular weight excluding hydrogens is 833 g/mol. The number of aryl methyl sites for hydroxylation is 2. The van der Waals surface area contributed by atoms with Gasteiger partial charge in [0.25, 0.3) is 0 Å². The van der Waals surface area contributed by atoms with Crippen LogP contribution in [0.3, 0.4) is 0 Å². The quantitative estimate of drug-likeness (QED) is 0.0710. The Bertz CT molecular complexity index is 2940. The molecule has 2 aromatic heterocycles. The number of rotatable bonds is 16. The Hall–Kier alpha value is -6.66. The molecule has 0 amide bonds. The third-order valence-corrected chi connectivity index (χ3v) is 13.5. The summed E-state index contributed by atoms with van der Waals surface area (Å²) in [6.07, 6.45) is 12.2. The van der Waals surface area contributed by atoms with Gasteiger partial charge in [0.2, 0.25) is 23.6 Å². The molecular formula is C62H66N4O2. The zero-order valence-corrected chi connectivity index (χ0v) is 41.4. The average Bonchev–Trinajstić information content (AvgIpc) is 4.05. The molecule has 0 saturated heterocycles. The summed E-state index contributed by atoms with van der Waals surface area (Å²) in [6, 6.07) is 48.4. The Labute approximate surface area is 403 Å². The minimum absolute atomic E-state index is 0.0729. The number of unbranched alkanes of at least 4 members (excludes halogenated alkanes) is 6. The van der Waals surface area contributed by atoms with Crippen molar-refractivity contribution in [3.05, 3.63) is 156 Å². The molecule has 0 aliphatic carbocycles. The Morgan fingerprint density at radius 1 is 0.353 bits per heavy atom. The van der Waals surface area contributed by atoms with E-state index in [1.807, 2.05) is 0 Å². The fourth-order valence-electron chi connectivity index (χ4n) is 9.45. The molecule has 0 fully saturated rings. The molecule has 0 spiro atoms. The number of fused-ring (bicyclic) bond motifs is 2. The summed E-state index contributed by atoms with van der Waals surface area (Å²) in [7, 11) is 0. The van der Waals surface area contributed by atoms with Gasteiger partial charge in [0.15, 0.2) is 0 Å². The molecule has 2 heterocycles. The van der Waals surface area contributed by atoms with Crippen molar-refractivity contribution in [3.63, 3.8) is 0 Å². The largest absolute Gasteiger partial charge is 0.416 e. The van der Waals surface area contributed by atoms with Crippen LogP contribution in [-0.2, 0) is 23.7 Å². The lowest BCUT2D eigenvalue weighted by molar-refractivity contribution is 0.584. The van der Waals surface area contributed by atoms with E-state index in [-0.39, 0.29) is 10.8 Å². The Morgan fingerprint density at radius 2 is 0.721 bits per heavy atom. The summed E-state index contributed by atoms with van der Waals surface area (Å²) < 4.78 is 12.9. The van der Waals surface area contributed by atoms with Crippen LogP contribution in [0.2, 0.25) is 0 Å². The number of nitrogens with zero attached hydrogens (tertiary/aromatic N) is 4. The van der Waals surface area contributed by atoms with Gasteiger partial charge in [-0.05, 0) is 163 Å². The van der Waals surface area contributed by atoms with Gasteiger partial charge in [-0.3, -0.25) is 0 Å². The third kappa shape index (κ3) is 10.1. The first-order valence-electron chi connectivity index (χ1n) is 25.0. The van der Waals surface area contributed by atoms with Crippen LogP contribution in [0.25, 0.3) is 89.6 Å². The van der Waals surface area contributed by atoms with E-state index in [1.54, 1.807) is 0 Å². The van der Waals surface area contributed by atoms with Crippen molar-refractivity contribution in [1.29, 1.82) is 0 Å². The minimum atomic E-state index is -0.0729. The van der Waals surface area contributed by atoms with Crippen LogP contribution in [-0.4, -0.2) is 20.4 Å². The van der Waals surface area contributed by atoms with Gasteiger partial charge in [-0.15, -0.1) is 20.4 Å². The molecule has 0 bridgehead atoms. The van der Waals surface area contributed by atoms with Crippen molar-refractivity contribution in [1.82, 2.24) is 20.4 Å². The van der Waals surface area contributed by atoms with Gasteiger partial charge in [-0.2, -0.15) is 0 Å². The molecule has 0 radical (unpaired) electrons. The summed E-state index contributed by atoms with van der Waals surface area (Å²) in [5.41, 5.74) is 13.2. The minimum Gasteiger partial charge on any atom is -0.416 e. The highest BCUT2D eigenvalue weighted by Gasteiger charge is 2.24. The zero-order chi connectivity index (χ0) is 47.4. The van der Waals surface area contributed by atoms with E-state index in [1.165, 1.54) is 106 Å². The Balaban J connectivity index is 1.13. The van der Waals surface area contributed by atoms with E-state index in [2.05, 4.69) is 209 Å². The van der Waals surface area contributed by atoms with Crippen LogP contribution >= 0.6 is 0 Å². The van der Waals surface area contributed by atoms with Crippen LogP contribution in [0.1, 0.15) is 129 Å². The Morgan fingerprint density at radius 3 is 1.09 bits per heavy atom. The summed E-state index contributed by atoms with van der Waals surface area (Å²) in [5.74, 6) is 2.04. The summed E-state index contributed by atoms with van der Waals surface area (Å²) >= 11 is 0. The first kappa shape index (κ1) is 46.5. The topological polar surface area (TPSA) is 77.8 Å². The highest BCUT2D eigenvalue weighted by atomic mass is 16.4. The average molecular weight is 899 g/mol. The number of hydrogen-bond donors (Lipinski definition) is 0. The van der Waals surface area contributed by atoms with Gasteiger partial charge in [0, 0.05) is 22.3 Å². The predicted octanol–water partition coefficient (Wildman–Crippen LogP) is 17.6. The first-order chi connectivity index (χ1) is 32.9. The molecule has 6 heteroatoms. The number of benzene rings is 7. The molecule has 7 aromatic carbocycles. The Kier molecular flexibility index (Phi) is 13.6. The van der Waals surface area contributed by atoms with E-state index < -0.39 is 0 Å². The second kappa shape index (κ2) is 19.9. The van der Waals surface area contributed by atoms with Crippen molar-refractivity contribution in [2.24, 2.45) is 0 Å². The van der Waals surface area contributed by atoms with E-state index >= 15 is 0 Å². The maximum Gasteiger partial charge on any atom is 0.248 e. The van der Waals surface area contributed by atoms with Gasteiger partial charge < -0.3 is 8.83 Å². The number of aromatic nitrogens is 4. The molecule has 0 N–H and O–H groups in total. The van der Waals surface area contributed by atoms with Crippen LogP contribution in [0.4, 0.5) is 0 Å². The maximum absolute atomic E-state index is 6.43. The van der Waals surface area contributed by atoms with Crippen LogP contribution in [0.5, 0.6) is 0 Å². The summed E-state index contributed by atoms with van der Waals surface area (Å²) in [6.45, 7) is 18.2. The maximum atomic E-state index is 6.43. The lowest BCUT2D eigenvalue weighted by atomic mass is 9.79.